The molecular weight excluding hydrogens is 524 g/mol. The van der Waals surface area contributed by atoms with E-state index in [1.165, 1.54) is 11.1 Å². The molecule has 0 amide bonds. The fourth-order valence-corrected chi connectivity index (χ4v) is 2.93. The third-order valence-electron chi connectivity index (χ3n) is 4.05. The summed E-state index contributed by atoms with van der Waals surface area (Å²) in [5.74, 6) is 0.727. The normalized spacial score (nSPS) is 14.6. The molecule has 1 aromatic carbocycles. The Morgan fingerprint density at radius 2 is 0.824 bits per heavy atom. The topological polar surface area (TPSA) is 171 Å². The number of allylic oxidation sites excluding steroid dienone is 8. The Hall–Kier alpha value is -2.74. The van der Waals surface area contributed by atoms with Crippen LogP contribution in [0.5, 0.6) is 0 Å². The number of anilines is 2. The number of rotatable bonds is 2. The van der Waals surface area contributed by atoms with Crippen LogP contribution in [0.15, 0.2) is 60.7 Å². The molecule has 0 fully saturated rings. The van der Waals surface area contributed by atoms with Gasteiger partial charge in [-0.2, -0.15) is 0 Å². The molecule has 0 radical (unpaired) electrons. The minimum absolute atomic E-state index is 0. The first kappa shape index (κ1) is 44.9. The van der Waals surface area contributed by atoms with Gasteiger partial charge >= 0.3 is 67.8 Å². The maximum absolute atomic E-state index is 7.50. The van der Waals surface area contributed by atoms with Crippen LogP contribution in [0.2, 0.25) is 0 Å². The van der Waals surface area contributed by atoms with Gasteiger partial charge < -0.3 is 11.5 Å². The summed E-state index contributed by atoms with van der Waals surface area (Å²) in [4.78, 5) is 0. The molecule has 2 unspecified atom stereocenters. The Labute approximate surface area is 220 Å². The number of nitrogens with two attached hydrogens (primary N) is 2. The van der Waals surface area contributed by atoms with E-state index in [2.05, 4.69) is 94.6 Å². The van der Waals surface area contributed by atoms with Gasteiger partial charge in [0.25, 0.3) is 0 Å². The first-order valence-electron chi connectivity index (χ1n) is 8.33. The molecule has 0 saturated carbocycles. The summed E-state index contributed by atoms with van der Waals surface area (Å²) in [6.45, 7) is 27.0. The molecular formula is C24H20Fe2N2O6. The molecule has 0 bridgehead atoms. The monoisotopic (exact) mass is 544 g/mol. The van der Waals surface area contributed by atoms with Crippen LogP contribution < -0.4 is 11.5 Å². The van der Waals surface area contributed by atoms with Crippen LogP contribution in [0, 0.1) is 39.9 Å². The van der Waals surface area contributed by atoms with Crippen molar-refractivity contribution < 1.29 is 62.1 Å². The van der Waals surface area contributed by atoms with Gasteiger partial charge in [0.2, 0.25) is 0 Å². The molecule has 8 nitrogen and oxygen atoms in total. The van der Waals surface area contributed by atoms with Crippen molar-refractivity contribution in [1.82, 2.24) is 0 Å². The van der Waals surface area contributed by atoms with Crippen LogP contribution in [0.25, 0.3) is 0 Å². The average molecular weight is 544 g/mol. The van der Waals surface area contributed by atoms with Crippen molar-refractivity contribution in [3.8, 4) is 0 Å². The Morgan fingerprint density at radius 3 is 1.06 bits per heavy atom. The van der Waals surface area contributed by atoms with E-state index in [4.69, 9.17) is 39.4 Å². The van der Waals surface area contributed by atoms with Gasteiger partial charge in [0.1, 0.15) is 0 Å². The average Bonchev–Trinajstić information content (AvgIpc) is 2.92. The quantitative estimate of drug-likeness (QED) is 0.250. The van der Waals surface area contributed by atoms with Crippen molar-refractivity contribution >= 4 is 11.4 Å². The summed E-state index contributed by atoms with van der Waals surface area (Å²) in [6, 6.07) is 4.12. The van der Waals surface area contributed by atoms with Crippen LogP contribution in [0.3, 0.4) is 0 Å². The minimum Gasteiger partial charge on any atom is 0 e. The third kappa shape index (κ3) is 16.8. The fraction of sp³-hybridized carbons (Fsp3) is 0.167. The van der Waals surface area contributed by atoms with Gasteiger partial charge in [0, 0.05) is 57.3 Å². The van der Waals surface area contributed by atoms with Crippen molar-refractivity contribution in [3.05, 3.63) is 112 Å². The Kier molecular flexibility index (Phi) is 46.0. The van der Waals surface area contributed by atoms with Gasteiger partial charge in [-0.15, -0.1) is 0 Å². The third-order valence-corrected chi connectivity index (χ3v) is 4.05. The summed E-state index contributed by atoms with van der Waals surface area (Å²) in [5, 5.41) is 0. The molecule has 0 heterocycles. The van der Waals surface area contributed by atoms with Gasteiger partial charge in [-0.3, -0.25) is 0 Å². The first-order chi connectivity index (χ1) is 15.8. The van der Waals surface area contributed by atoms with E-state index >= 15 is 0 Å². The smallest absolute Gasteiger partial charge is 0 e. The van der Waals surface area contributed by atoms with E-state index in [-0.39, 0.29) is 34.1 Å². The SMILES string of the molecule is Nc1cc(N)c(C2C=CC=CC2)cc1C1C=CC=CC1.[C-]#[O+].[C-]#[O+].[C-]#[O+].[C-]#[O+].[C-]#[O+].[C-]#[O+].[Fe].[Fe]. The molecule has 178 valence electrons. The van der Waals surface area contributed by atoms with Crippen LogP contribution in [0.4, 0.5) is 11.4 Å². The summed E-state index contributed by atoms with van der Waals surface area (Å²) in [6.07, 6.45) is 19.1. The Morgan fingerprint density at radius 1 is 0.529 bits per heavy atom. The fourth-order valence-electron chi connectivity index (χ4n) is 2.93. The molecule has 2 aliphatic carbocycles. The predicted molar refractivity (Wildman–Crippen MR) is 110 cm³/mol. The van der Waals surface area contributed by atoms with Gasteiger partial charge in [0.15, 0.2) is 0 Å². The van der Waals surface area contributed by atoms with Gasteiger partial charge in [-0.05, 0) is 30.0 Å². The van der Waals surface area contributed by atoms with E-state index in [9.17, 15) is 0 Å². The molecule has 4 N–H and O–H groups in total. The van der Waals surface area contributed by atoms with Crippen molar-refractivity contribution in [3.63, 3.8) is 0 Å². The first-order valence-corrected chi connectivity index (χ1v) is 8.33. The number of hydrogen-bond donors (Lipinski definition) is 2. The standard InChI is InChI=1S/C18H20N2.6CO.2Fe/c19-17-12-18(20)16(14-9-5-2-6-10-14)11-15(17)13-7-3-1-4-8-13;6*1-2;;/h1-7,9,11-14H,8,10,19-20H2;;;;;;;;. The van der Waals surface area contributed by atoms with Gasteiger partial charge in [-0.25, -0.2) is 0 Å². The second kappa shape index (κ2) is 34.9. The van der Waals surface area contributed by atoms with Gasteiger partial charge in [-0.1, -0.05) is 54.7 Å². The summed E-state index contributed by atoms with van der Waals surface area (Å²) in [7, 11) is 0. The van der Waals surface area contributed by atoms with Crippen molar-refractivity contribution in [2.75, 3.05) is 11.5 Å². The molecule has 3 rings (SSSR count). The summed E-state index contributed by atoms with van der Waals surface area (Å²) in [5.41, 5.74) is 16.3. The minimum atomic E-state index is 0. The molecule has 1 aromatic rings. The maximum Gasteiger partial charge on any atom is 0 e. The van der Waals surface area contributed by atoms with Crippen LogP contribution >= 0.6 is 0 Å². The predicted octanol–water partition coefficient (Wildman–Crippen LogP) is 3.82. The van der Waals surface area contributed by atoms with Crippen LogP contribution in [0.1, 0.15) is 35.8 Å². The van der Waals surface area contributed by atoms with E-state index in [0.717, 1.165) is 24.2 Å². The zero-order valence-electron chi connectivity index (χ0n) is 17.7. The van der Waals surface area contributed by atoms with Crippen LogP contribution in [-0.2, 0) is 62.1 Å². The van der Waals surface area contributed by atoms with Gasteiger partial charge in [0.05, 0.1) is 0 Å². The molecule has 0 aliphatic heterocycles. The van der Waals surface area contributed by atoms with E-state index in [1.807, 2.05) is 6.07 Å². The Balaban J connectivity index is -0.000000123. The van der Waals surface area contributed by atoms with E-state index < -0.39 is 0 Å². The number of nitrogen functional groups attached to an aromatic ring is 2. The largest absolute Gasteiger partial charge is 0 e. The zero-order valence-corrected chi connectivity index (χ0v) is 19.9. The molecule has 0 aromatic heterocycles. The Bertz CT molecular complexity index is 797. The molecule has 10 heteroatoms. The van der Waals surface area contributed by atoms with Crippen LogP contribution in [-0.4, -0.2) is 0 Å². The van der Waals surface area contributed by atoms with E-state index in [1.54, 1.807) is 0 Å². The molecule has 2 aliphatic rings. The van der Waals surface area contributed by atoms with Crippen molar-refractivity contribution in [2.45, 2.75) is 24.7 Å². The number of hydrogen-bond acceptors (Lipinski definition) is 2. The second-order valence-electron chi connectivity index (χ2n) is 5.42. The maximum atomic E-state index is 7.50. The molecule has 0 spiro atoms. The second-order valence-corrected chi connectivity index (χ2v) is 5.42. The molecule has 2 atom stereocenters. The number of benzene rings is 1. The molecule has 34 heavy (non-hydrogen) atoms. The van der Waals surface area contributed by atoms with Crippen molar-refractivity contribution in [1.29, 1.82) is 0 Å². The van der Waals surface area contributed by atoms with Crippen molar-refractivity contribution in [2.24, 2.45) is 0 Å². The summed E-state index contributed by atoms with van der Waals surface area (Å²) >= 11 is 0. The van der Waals surface area contributed by atoms with E-state index in [0.29, 0.717) is 11.8 Å². The zero-order chi connectivity index (χ0) is 25.9. The summed E-state index contributed by atoms with van der Waals surface area (Å²) < 4.78 is 45.0. The molecule has 0 saturated heterocycles.